The molecule has 8 heteroatoms. The number of ether oxygens (including phenoxy) is 1. The second kappa shape index (κ2) is 6.00. The van der Waals surface area contributed by atoms with Crippen LogP contribution in [0.2, 0.25) is 0 Å². The SMILES string of the molecule is Cc1cc([N+](=O)[O-])cnc1-c1ccc(OCC(F)(F)F)cc1. The first-order chi connectivity index (χ1) is 10.3. The van der Waals surface area contributed by atoms with Crippen molar-refractivity contribution in [3.05, 3.63) is 52.2 Å². The summed E-state index contributed by atoms with van der Waals surface area (Å²) in [7, 11) is 0. The Kier molecular flexibility index (Phi) is 4.30. The van der Waals surface area contributed by atoms with E-state index < -0.39 is 17.7 Å². The molecule has 1 aromatic carbocycles. The zero-order valence-corrected chi connectivity index (χ0v) is 11.4. The number of nitrogens with zero attached hydrogens (tertiary/aromatic N) is 2. The minimum Gasteiger partial charge on any atom is -0.484 e. The van der Waals surface area contributed by atoms with Gasteiger partial charge in [0.1, 0.15) is 11.9 Å². The van der Waals surface area contributed by atoms with E-state index in [0.29, 0.717) is 16.8 Å². The van der Waals surface area contributed by atoms with Crippen LogP contribution in [0.4, 0.5) is 18.9 Å². The lowest BCUT2D eigenvalue weighted by Crippen LogP contribution is -2.19. The van der Waals surface area contributed by atoms with Crippen molar-refractivity contribution in [2.45, 2.75) is 13.1 Å². The Morgan fingerprint density at radius 3 is 2.41 bits per heavy atom. The maximum absolute atomic E-state index is 12.1. The third-order valence-electron chi connectivity index (χ3n) is 2.80. The molecule has 0 aliphatic carbocycles. The van der Waals surface area contributed by atoms with E-state index in [1.807, 2.05) is 0 Å². The van der Waals surface area contributed by atoms with Crippen molar-refractivity contribution in [3.8, 4) is 17.0 Å². The third-order valence-corrected chi connectivity index (χ3v) is 2.80. The third kappa shape index (κ3) is 3.94. The van der Waals surface area contributed by atoms with Crippen molar-refractivity contribution < 1.29 is 22.8 Å². The van der Waals surface area contributed by atoms with Crippen molar-refractivity contribution in [2.24, 2.45) is 0 Å². The van der Waals surface area contributed by atoms with Gasteiger partial charge >= 0.3 is 6.18 Å². The summed E-state index contributed by atoms with van der Waals surface area (Å²) in [5, 5.41) is 10.7. The van der Waals surface area contributed by atoms with Gasteiger partial charge in [-0.05, 0) is 36.8 Å². The first kappa shape index (κ1) is 15.7. The molecule has 22 heavy (non-hydrogen) atoms. The van der Waals surface area contributed by atoms with Gasteiger partial charge in [0, 0.05) is 11.6 Å². The van der Waals surface area contributed by atoms with Crippen molar-refractivity contribution in [1.29, 1.82) is 0 Å². The summed E-state index contributed by atoms with van der Waals surface area (Å²) in [6.45, 7) is 0.310. The molecule has 0 unspecified atom stereocenters. The zero-order valence-electron chi connectivity index (χ0n) is 11.4. The number of pyridine rings is 1. The van der Waals surface area contributed by atoms with Crippen LogP contribution in [0.5, 0.6) is 5.75 Å². The predicted octanol–water partition coefficient (Wildman–Crippen LogP) is 3.91. The fraction of sp³-hybridized carbons (Fsp3) is 0.214. The van der Waals surface area contributed by atoms with Crippen LogP contribution in [0.25, 0.3) is 11.3 Å². The molecule has 0 bridgehead atoms. The van der Waals surface area contributed by atoms with Crippen LogP contribution in [0.15, 0.2) is 36.5 Å². The minimum atomic E-state index is -4.39. The smallest absolute Gasteiger partial charge is 0.422 e. The number of aryl methyl sites for hydroxylation is 1. The fourth-order valence-corrected chi connectivity index (χ4v) is 1.84. The standard InChI is InChI=1S/C14H11F3N2O3/c1-9-6-11(19(20)21)7-18-13(9)10-2-4-12(5-3-10)22-8-14(15,16)17/h2-7H,8H2,1H3. The van der Waals surface area contributed by atoms with Crippen LogP contribution in [0, 0.1) is 17.0 Å². The summed E-state index contributed by atoms with van der Waals surface area (Å²) in [4.78, 5) is 14.1. The summed E-state index contributed by atoms with van der Waals surface area (Å²) in [6.07, 6.45) is -3.26. The Labute approximate surface area is 123 Å². The van der Waals surface area contributed by atoms with E-state index in [0.717, 1.165) is 6.20 Å². The molecule has 5 nitrogen and oxygen atoms in total. The molecular weight excluding hydrogens is 301 g/mol. The Hall–Kier alpha value is -2.64. The molecule has 0 radical (unpaired) electrons. The zero-order chi connectivity index (χ0) is 16.3. The molecule has 2 aromatic rings. The second-order valence-corrected chi connectivity index (χ2v) is 4.54. The minimum absolute atomic E-state index is 0.0839. The Morgan fingerprint density at radius 2 is 1.91 bits per heavy atom. The van der Waals surface area contributed by atoms with E-state index in [-0.39, 0.29) is 11.4 Å². The maximum atomic E-state index is 12.1. The first-order valence-electron chi connectivity index (χ1n) is 6.17. The van der Waals surface area contributed by atoms with Crippen LogP contribution in [-0.2, 0) is 0 Å². The summed E-state index contributed by atoms with van der Waals surface area (Å²) < 4.78 is 40.8. The first-order valence-corrected chi connectivity index (χ1v) is 6.17. The van der Waals surface area contributed by atoms with Crippen molar-refractivity contribution in [2.75, 3.05) is 6.61 Å². The van der Waals surface area contributed by atoms with Gasteiger partial charge in [-0.2, -0.15) is 13.2 Å². The van der Waals surface area contributed by atoms with E-state index in [1.165, 1.54) is 18.2 Å². The van der Waals surface area contributed by atoms with Crippen LogP contribution in [0.1, 0.15) is 5.56 Å². The molecule has 0 saturated heterocycles. The highest BCUT2D eigenvalue weighted by atomic mass is 19.4. The summed E-state index contributed by atoms with van der Waals surface area (Å²) in [5.74, 6) is 0.0839. The molecule has 1 heterocycles. The van der Waals surface area contributed by atoms with Gasteiger partial charge in [0.15, 0.2) is 6.61 Å². The molecular formula is C14H11F3N2O3. The van der Waals surface area contributed by atoms with E-state index in [4.69, 9.17) is 0 Å². The highest BCUT2D eigenvalue weighted by Crippen LogP contribution is 2.26. The van der Waals surface area contributed by atoms with Crippen LogP contribution < -0.4 is 4.74 Å². The normalized spacial score (nSPS) is 11.3. The fourth-order valence-electron chi connectivity index (χ4n) is 1.84. The molecule has 0 atom stereocenters. The predicted molar refractivity (Wildman–Crippen MR) is 72.6 cm³/mol. The Bertz CT molecular complexity index is 685. The monoisotopic (exact) mass is 312 g/mol. The number of rotatable bonds is 4. The number of halogens is 3. The van der Waals surface area contributed by atoms with Crippen molar-refractivity contribution in [3.63, 3.8) is 0 Å². The summed E-state index contributed by atoms with van der Waals surface area (Å²) in [5.41, 5.74) is 1.63. The number of aromatic nitrogens is 1. The molecule has 0 amide bonds. The molecule has 0 aliphatic rings. The number of hydrogen-bond donors (Lipinski definition) is 0. The average Bonchev–Trinajstić information content (AvgIpc) is 2.45. The van der Waals surface area contributed by atoms with E-state index in [9.17, 15) is 23.3 Å². The number of hydrogen-bond acceptors (Lipinski definition) is 4. The highest BCUT2D eigenvalue weighted by Gasteiger charge is 2.28. The molecule has 0 N–H and O–H groups in total. The molecule has 0 aliphatic heterocycles. The highest BCUT2D eigenvalue weighted by molar-refractivity contribution is 5.64. The molecule has 0 fully saturated rings. The van der Waals surface area contributed by atoms with Gasteiger partial charge in [-0.25, -0.2) is 4.98 Å². The summed E-state index contributed by atoms with van der Waals surface area (Å²) >= 11 is 0. The van der Waals surface area contributed by atoms with Crippen LogP contribution in [0.3, 0.4) is 0 Å². The lowest BCUT2D eigenvalue weighted by atomic mass is 10.1. The van der Waals surface area contributed by atoms with Gasteiger partial charge in [0.2, 0.25) is 0 Å². The second-order valence-electron chi connectivity index (χ2n) is 4.54. The largest absolute Gasteiger partial charge is 0.484 e. The van der Waals surface area contributed by atoms with Gasteiger partial charge in [0.25, 0.3) is 5.69 Å². The molecule has 116 valence electrons. The van der Waals surface area contributed by atoms with E-state index in [1.54, 1.807) is 19.1 Å². The topological polar surface area (TPSA) is 65.3 Å². The average molecular weight is 312 g/mol. The summed E-state index contributed by atoms with van der Waals surface area (Å²) in [6, 6.07) is 7.27. The Morgan fingerprint density at radius 1 is 1.27 bits per heavy atom. The van der Waals surface area contributed by atoms with Crippen LogP contribution in [-0.4, -0.2) is 22.7 Å². The van der Waals surface area contributed by atoms with Crippen molar-refractivity contribution in [1.82, 2.24) is 4.98 Å². The lowest BCUT2D eigenvalue weighted by Gasteiger charge is -2.10. The van der Waals surface area contributed by atoms with Crippen molar-refractivity contribution >= 4 is 5.69 Å². The van der Waals surface area contributed by atoms with Gasteiger partial charge < -0.3 is 4.74 Å². The maximum Gasteiger partial charge on any atom is 0.422 e. The number of nitro groups is 1. The van der Waals surface area contributed by atoms with E-state index >= 15 is 0 Å². The molecule has 0 saturated carbocycles. The van der Waals surface area contributed by atoms with Gasteiger partial charge in [0.05, 0.1) is 10.6 Å². The quantitative estimate of drug-likeness (QED) is 0.634. The number of benzene rings is 1. The van der Waals surface area contributed by atoms with Gasteiger partial charge in [-0.3, -0.25) is 10.1 Å². The molecule has 2 rings (SSSR count). The lowest BCUT2D eigenvalue weighted by molar-refractivity contribution is -0.385. The Balaban J connectivity index is 2.18. The van der Waals surface area contributed by atoms with Gasteiger partial charge in [-0.15, -0.1) is 0 Å². The van der Waals surface area contributed by atoms with Crippen LogP contribution >= 0.6 is 0 Å². The molecule has 1 aromatic heterocycles. The van der Waals surface area contributed by atoms with Gasteiger partial charge in [-0.1, -0.05) is 0 Å². The number of alkyl halides is 3. The van der Waals surface area contributed by atoms with E-state index in [2.05, 4.69) is 9.72 Å². The molecule has 0 spiro atoms.